The fourth-order valence-electron chi connectivity index (χ4n) is 4.41. The van der Waals surface area contributed by atoms with E-state index in [1.165, 1.54) is 18.3 Å². The summed E-state index contributed by atoms with van der Waals surface area (Å²) in [6.07, 6.45) is 5.46. The molecule has 1 fully saturated rings. The molecule has 0 saturated heterocycles. The second-order valence-electron chi connectivity index (χ2n) is 8.31. The van der Waals surface area contributed by atoms with Gasteiger partial charge in [0.1, 0.15) is 11.2 Å². The van der Waals surface area contributed by atoms with E-state index in [0.717, 1.165) is 31.2 Å². The molecular formula is C22H25ClN4O4. The summed E-state index contributed by atoms with van der Waals surface area (Å²) >= 11 is 6.14. The maximum Gasteiger partial charge on any atom is 0.359 e. The van der Waals surface area contributed by atoms with Gasteiger partial charge in [-0.25, -0.2) is 9.78 Å². The molecule has 1 aromatic carbocycles. The summed E-state index contributed by atoms with van der Waals surface area (Å²) in [4.78, 5) is 44.8. The number of imidazole rings is 1. The summed E-state index contributed by atoms with van der Waals surface area (Å²) in [6.45, 7) is 2.09. The summed E-state index contributed by atoms with van der Waals surface area (Å²) in [5.41, 5.74) is -0.307. The Labute approximate surface area is 185 Å². The number of methoxy groups -OCH3 is 1. The second-order valence-corrected chi connectivity index (χ2v) is 8.75. The van der Waals surface area contributed by atoms with Crippen molar-refractivity contribution in [3.63, 3.8) is 0 Å². The molecule has 1 aliphatic carbocycles. The van der Waals surface area contributed by atoms with E-state index in [1.54, 1.807) is 29.7 Å². The van der Waals surface area contributed by atoms with E-state index in [1.807, 2.05) is 6.07 Å². The molecule has 2 heterocycles. The highest BCUT2D eigenvalue weighted by molar-refractivity contribution is 6.30. The zero-order valence-electron chi connectivity index (χ0n) is 17.6. The first-order valence-electron chi connectivity index (χ1n) is 10.3. The van der Waals surface area contributed by atoms with Crippen molar-refractivity contribution in [1.82, 2.24) is 19.8 Å². The van der Waals surface area contributed by atoms with Gasteiger partial charge in [-0.1, -0.05) is 36.6 Å². The number of rotatable bonds is 5. The first-order chi connectivity index (χ1) is 14.8. The van der Waals surface area contributed by atoms with Crippen LogP contribution in [0.15, 0.2) is 30.6 Å². The molecule has 1 saturated carbocycles. The minimum absolute atomic E-state index is 0.0538. The lowest BCUT2D eigenvalue weighted by Gasteiger charge is -2.44. The van der Waals surface area contributed by atoms with Crippen molar-refractivity contribution < 1.29 is 19.1 Å². The van der Waals surface area contributed by atoms with Gasteiger partial charge >= 0.3 is 5.97 Å². The van der Waals surface area contributed by atoms with Crippen LogP contribution in [0.25, 0.3) is 0 Å². The smallest absolute Gasteiger partial charge is 0.359 e. The topological polar surface area (TPSA) is 93.5 Å². The van der Waals surface area contributed by atoms with E-state index in [0.29, 0.717) is 5.02 Å². The SMILES string of the molecule is COC(=O)c1ncn2c1C(=O)N(Cc1cccc(Cl)c1)[C@](C)(C(=O)NC1CCCC1)C2. The third kappa shape index (κ3) is 3.92. The van der Waals surface area contributed by atoms with Gasteiger partial charge in [-0.3, -0.25) is 9.59 Å². The van der Waals surface area contributed by atoms with Crippen molar-refractivity contribution in [1.29, 1.82) is 0 Å². The number of fused-ring (bicyclic) bond motifs is 1. The van der Waals surface area contributed by atoms with Crippen LogP contribution in [-0.2, 0) is 22.6 Å². The lowest BCUT2D eigenvalue weighted by molar-refractivity contribution is -0.134. The number of amides is 2. The Morgan fingerprint density at radius 2 is 2.06 bits per heavy atom. The van der Waals surface area contributed by atoms with Crippen molar-refractivity contribution in [2.24, 2.45) is 0 Å². The van der Waals surface area contributed by atoms with E-state index in [-0.39, 0.29) is 36.4 Å². The molecule has 31 heavy (non-hydrogen) atoms. The number of benzene rings is 1. The maximum absolute atomic E-state index is 13.6. The highest BCUT2D eigenvalue weighted by atomic mass is 35.5. The molecule has 0 unspecified atom stereocenters. The number of esters is 1. The molecule has 2 aromatic rings. The lowest BCUT2D eigenvalue weighted by Crippen LogP contribution is -2.64. The van der Waals surface area contributed by atoms with Gasteiger partial charge < -0.3 is 19.5 Å². The largest absolute Gasteiger partial charge is 0.464 e. The number of ether oxygens (including phenoxy) is 1. The van der Waals surface area contributed by atoms with Crippen LogP contribution in [0.5, 0.6) is 0 Å². The minimum Gasteiger partial charge on any atom is -0.464 e. The van der Waals surface area contributed by atoms with Gasteiger partial charge in [-0.2, -0.15) is 0 Å². The fourth-order valence-corrected chi connectivity index (χ4v) is 4.62. The average Bonchev–Trinajstić information content (AvgIpc) is 3.40. The quantitative estimate of drug-likeness (QED) is 0.716. The van der Waals surface area contributed by atoms with Crippen LogP contribution in [0.4, 0.5) is 0 Å². The standard InChI is InChI=1S/C22H25ClN4O4/c1-22(21(30)25-16-8-3-4-9-16)12-26-13-24-17(20(29)31-2)18(26)19(28)27(22)11-14-6-5-7-15(23)10-14/h5-7,10,13,16H,3-4,8-9,11-12H2,1-2H3,(H,25,30)/t22-/m0/s1. The van der Waals surface area contributed by atoms with Gasteiger partial charge in [-0.05, 0) is 37.5 Å². The van der Waals surface area contributed by atoms with E-state index >= 15 is 0 Å². The van der Waals surface area contributed by atoms with Crippen molar-refractivity contribution in [3.8, 4) is 0 Å². The van der Waals surface area contributed by atoms with Gasteiger partial charge in [0, 0.05) is 17.6 Å². The second kappa shape index (κ2) is 8.34. The Bertz CT molecular complexity index is 1030. The van der Waals surface area contributed by atoms with Crippen LogP contribution in [-0.4, -0.2) is 50.9 Å². The number of nitrogens with one attached hydrogen (secondary N) is 1. The maximum atomic E-state index is 13.6. The van der Waals surface area contributed by atoms with Crippen LogP contribution >= 0.6 is 11.6 Å². The molecule has 2 aliphatic rings. The van der Waals surface area contributed by atoms with Gasteiger partial charge in [0.2, 0.25) is 5.91 Å². The third-order valence-electron chi connectivity index (χ3n) is 6.15. The zero-order chi connectivity index (χ0) is 22.2. The molecule has 1 aliphatic heterocycles. The molecule has 1 atom stereocenters. The molecule has 1 N–H and O–H groups in total. The molecular weight excluding hydrogens is 420 g/mol. The Morgan fingerprint density at radius 1 is 1.32 bits per heavy atom. The van der Waals surface area contributed by atoms with E-state index < -0.39 is 17.4 Å². The van der Waals surface area contributed by atoms with Crippen LogP contribution in [0.1, 0.15) is 59.1 Å². The van der Waals surface area contributed by atoms with Crippen molar-refractivity contribution in [2.75, 3.05) is 7.11 Å². The predicted octanol–water partition coefficient (Wildman–Crippen LogP) is 2.80. The first kappa shape index (κ1) is 21.4. The highest BCUT2D eigenvalue weighted by Gasteiger charge is 2.49. The summed E-state index contributed by atoms with van der Waals surface area (Å²) in [5.74, 6) is -1.36. The number of carbonyl (C=O) groups excluding carboxylic acids is 3. The monoisotopic (exact) mass is 444 g/mol. The van der Waals surface area contributed by atoms with Gasteiger partial charge in [-0.15, -0.1) is 0 Å². The summed E-state index contributed by atoms with van der Waals surface area (Å²) < 4.78 is 6.35. The van der Waals surface area contributed by atoms with Crippen LogP contribution in [0.2, 0.25) is 5.02 Å². The van der Waals surface area contributed by atoms with Crippen LogP contribution < -0.4 is 5.32 Å². The normalized spacial score (nSPS) is 21.1. The first-order valence-corrected chi connectivity index (χ1v) is 10.7. The summed E-state index contributed by atoms with van der Waals surface area (Å²) in [6, 6.07) is 7.27. The molecule has 164 valence electrons. The van der Waals surface area contributed by atoms with E-state index in [4.69, 9.17) is 16.3 Å². The van der Waals surface area contributed by atoms with E-state index in [9.17, 15) is 14.4 Å². The zero-order valence-corrected chi connectivity index (χ0v) is 18.3. The van der Waals surface area contributed by atoms with Crippen molar-refractivity contribution >= 4 is 29.4 Å². The predicted molar refractivity (Wildman–Crippen MR) is 114 cm³/mol. The van der Waals surface area contributed by atoms with Crippen molar-refractivity contribution in [2.45, 2.75) is 57.3 Å². The Kier molecular flexibility index (Phi) is 5.75. The third-order valence-corrected chi connectivity index (χ3v) is 6.38. The molecule has 2 amide bonds. The van der Waals surface area contributed by atoms with Crippen molar-refractivity contribution in [3.05, 3.63) is 52.6 Å². The molecule has 1 aromatic heterocycles. The Hall–Kier alpha value is -2.87. The summed E-state index contributed by atoms with van der Waals surface area (Å²) in [5, 5.41) is 3.67. The molecule has 9 heteroatoms. The number of hydrogen-bond acceptors (Lipinski definition) is 5. The van der Waals surface area contributed by atoms with Crippen LogP contribution in [0.3, 0.4) is 0 Å². The van der Waals surface area contributed by atoms with Crippen LogP contribution in [0, 0.1) is 0 Å². The number of carbonyl (C=O) groups is 3. The fraction of sp³-hybridized carbons (Fsp3) is 0.455. The van der Waals surface area contributed by atoms with Gasteiger partial charge in [0.15, 0.2) is 5.69 Å². The lowest BCUT2D eigenvalue weighted by atomic mass is 9.93. The highest BCUT2D eigenvalue weighted by Crippen LogP contribution is 2.32. The van der Waals surface area contributed by atoms with Gasteiger partial charge in [0.25, 0.3) is 5.91 Å². The Balaban J connectivity index is 1.73. The molecule has 8 nitrogen and oxygen atoms in total. The molecule has 0 radical (unpaired) electrons. The average molecular weight is 445 g/mol. The minimum atomic E-state index is -1.16. The number of nitrogens with zero attached hydrogens (tertiary/aromatic N) is 3. The summed E-state index contributed by atoms with van der Waals surface area (Å²) in [7, 11) is 1.24. The molecule has 4 rings (SSSR count). The number of hydrogen-bond donors (Lipinski definition) is 1. The Morgan fingerprint density at radius 3 is 2.74 bits per heavy atom. The molecule has 0 spiro atoms. The number of aromatic nitrogens is 2. The van der Waals surface area contributed by atoms with E-state index in [2.05, 4.69) is 10.3 Å². The molecule has 0 bridgehead atoms. The number of halogens is 1. The van der Waals surface area contributed by atoms with Gasteiger partial charge in [0.05, 0.1) is 20.0 Å².